The highest BCUT2D eigenvalue weighted by atomic mass is 16.5. The molecule has 0 saturated heterocycles. The van der Waals surface area contributed by atoms with Gasteiger partial charge in [0, 0.05) is 18.7 Å². The fourth-order valence-electron chi connectivity index (χ4n) is 2.88. The molecule has 1 saturated carbocycles. The number of nitrogens with zero attached hydrogens (tertiary/aromatic N) is 3. The first-order valence-corrected chi connectivity index (χ1v) is 8.21. The molecule has 0 radical (unpaired) electrons. The van der Waals surface area contributed by atoms with Gasteiger partial charge in [-0.3, -0.25) is 9.09 Å². The van der Waals surface area contributed by atoms with E-state index in [4.69, 9.17) is 4.52 Å². The molecule has 2 unspecified atom stereocenters. The number of benzene rings is 1. The normalized spacial score (nSPS) is 17.2. The molecule has 0 spiro atoms. The summed E-state index contributed by atoms with van der Waals surface area (Å²) < 4.78 is 6.09. The number of likely N-dealkylation sites (N-methyl/N-ethyl adjacent to an activating group) is 1. The highest BCUT2D eigenvalue weighted by Crippen LogP contribution is 2.32. The maximum Gasteiger partial charge on any atom is 0.441 e. The van der Waals surface area contributed by atoms with Crippen molar-refractivity contribution in [2.75, 3.05) is 20.1 Å². The lowest BCUT2D eigenvalue weighted by Gasteiger charge is -2.23. The van der Waals surface area contributed by atoms with E-state index in [1.165, 1.54) is 4.57 Å². The molecule has 130 valence electrons. The van der Waals surface area contributed by atoms with Crippen molar-refractivity contribution in [1.29, 1.82) is 0 Å². The summed E-state index contributed by atoms with van der Waals surface area (Å²) in [7, 11) is 1.85. The van der Waals surface area contributed by atoms with Crippen LogP contribution >= 0.6 is 0 Å². The Morgan fingerprint density at radius 1 is 1.29 bits per heavy atom. The molecule has 1 aromatic carbocycles. The number of aromatic nitrogens is 2. The fraction of sp³-hybridized carbons (Fsp3) is 0.529. The summed E-state index contributed by atoms with van der Waals surface area (Å²) in [6.07, 6.45) is 1.05. The average molecular weight is 333 g/mol. The Balaban J connectivity index is 1.63. The monoisotopic (exact) mass is 333 g/mol. The van der Waals surface area contributed by atoms with Crippen LogP contribution in [0.3, 0.4) is 0 Å². The molecule has 1 aliphatic rings. The second kappa shape index (κ2) is 7.29. The summed E-state index contributed by atoms with van der Waals surface area (Å²) in [5.74, 6) is 0.212. The van der Waals surface area contributed by atoms with Crippen LogP contribution in [0.25, 0.3) is 11.4 Å². The zero-order chi connectivity index (χ0) is 17.1. The van der Waals surface area contributed by atoms with Crippen molar-refractivity contribution in [3.63, 3.8) is 0 Å². The van der Waals surface area contributed by atoms with Crippen molar-refractivity contribution < 1.29 is 14.7 Å². The molecule has 0 bridgehead atoms. The molecule has 1 fully saturated rings. The second-order valence-electron chi connectivity index (χ2n) is 6.53. The lowest BCUT2D eigenvalue weighted by molar-refractivity contribution is 0.0663. The van der Waals surface area contributed by atoms with Crippen molar-refractivity contribution in [3.05, 3.63) is 40.9 Å². The summed E-state index contributed by atoms with van der Waals surface area (Å²) in [5.41, 5.74) is 0.757. The molecule has 2 aromatic rings. The smallest absolute Gasteiger partial charge is 0.392 e. The van der Waals surface area contributed by atoms with E-state index in [1.807, 2.05) is 42.3 Å². The Bertz CT molecular complexity index is 708. The van der Waals surface area contributed by atoms with Crippen LogP contribution in [0.15, 0.2) is 39.6 Å². The van der Waals surface area contributed by atoms with E-state index in [0.717, 1.165) is 18.4 Å². The van der Waals surface area contributed by atoms with Gasteiger partial charge in [0.25, 0.3) is 0 Å². The Kier molecular flexibility index (Phi) is 5.13. The number of hydrogen-bond acceptors (Lipinski definition) is 6. The standard InChI is InChI=1S/C17H23N3O4/c1-19(11-15(22)12-7-8-12)9-14(21)10-20-16(18-24-17(20)23)13-5-3-2-4-6-13/h2-6,12,14-15,21-22H,7-11H2,1H3. The molecule has 7 nitrogen and oxygen atoms in total. The summed E-state index contributed by atoms with van der Waals surface area (Å²) >= 11 is 0. The van der Waals surface area contributed by atoms with Crippen LogP contribution < -0.4 is 5.76 Å². The van der Waals surface area contributed by atoms with Gasteiger partial charge in [-0.2, -0.15) is 0 Å². The predicted molar refractivity (Wildman–Crippen MR) is 88.4 cm³/mol. The summed E-state index contributed by atoms with van der Waals surface area (Å²) in [5, 5.41) is 24.1. The van der Waals surface area contributed by atoms with Crippen LogP contribution in [0, 0.1) is 5.92 Å². The van der Waals surface area contributed by atoms with Crippen LogP contribution in [-0.4, -0.2) is 57.2 Å². The third kappa shape index (κ3) is 4.11. The molecular weight excluding hydrogens is 310 g/mol. The van der Waals surface area contributed by atoms with Gasteiger partial charge in [-0.25, -0.2) is 4.79 Å². The Morgan fingerprint density at radius 2 is 2.00 bits per heavy atom. The number of aliphatic hydroxyl groups excluding tert-OH is 2. The molecule has 7 heteroatoms. The van der Waals surface area contributed by atoms with Gasteiger partial charge in [-0.15, -0.1) is 0 Å². The number of aliphatic hydroxyl groups is 2. The van der Waals surface area contributed by atoms with Gasteiger partial charge in [0.05, 0.1) is 18.8 Å². The molecule has 1 heterocycles. The molecule has 24 heavy (non-hydrogen) atoms. The van der Waals surface area contributed by atoms with Crippen molar-refractivity contribution in [1.82, 2.24) is 14.6 Å². The third-order valence-electron chi connectivity index (χ3n) is 4.30. The number of hydrogen-bond donors (Lipinski definition) is 2. The van der Waals surface area contributed by atoms with Crippen LogP contribution in [-0.2, 0) is 6.54 Å². The summed E-state index contributed by atoms with van der Waals surface area (Å²) in [6, 6.07) is 9.24. The zero-order valence-electron chi connectivity index (χ0n) is 13.7. The van der Waals surface area contributed by atoms with E-state index in [9.17, 15) is 15.0 Å². The fourth-order valence-corrected chi connectivity index (χ4v) is 2.88. The van der Waals surface area contributed by atoms with Gasteiger partial charge in [-0.05, 0) is 25.8 Å². The van der Waals surface area contributed by atoms with Crippen molar-refractivity contribution in [2.45, 2.75) is 31.6 Å². The molecular formula is C17H23N3O4. The summed E-state index contributed by atoms with van der Waals surface area (Å²) in [4.78, 5) is 13.8. The summed E-state index contributed by atoms with van der Waals surface area (Å²) in [6.45, 7) is 0.970. The molecule has 2 atom stereocenters. The van der Waals surface area contributed by atoms with E-state index in [1.54, 1.807) is 0 Å². The average Bonchev–Trinajstić information content (AvgIpc) is 3.34. The van der Waals surface area contributed by atoms with Gasteiger partial charge >= 0.3 is 5.76 Å². The SMILES string of the molecule is CN(CC(O)Cn1c(-c2ccccc2)noc1=O)CC(O)C1CC1. The minimum absolute atomic E-state index is 0.0937. The van der Waals surface area contributed by atoms with Crippen molar-refractivity contribution in [3.8, 4) is 11.4 Å². The third-order valence-corrected chi connectivity index (χ3v) is 4.30. The van der Waals surface area contributed by atoms with E-state index in [2.05, 4.69) is 5.16 Å². The van der Waals surface area contributed by atoms with Gasteiger partial charge in [0.2, 0.25) is 0 Å². The van der Waals surface area contributed by atoms with Crippen LogP contribution in [0.5, 0.6) is 0 Å². The Morgan fingerprint density at radius 3 is 2.67 bits per heavy atom. The van der Waals surface area contributed by atoms with Gasteiger partial charge in [-0.1, -0.05) is 35.5 Å². The van der Waals surface area contributed by atoms with E-state index >= 15 is 0 Å². The minimum Gasteiger partial charge on any atom is -0.392 e. The van der Waals surface area contributed by atoms with Crippen LogP contribution in [0.4, 0.5) is 0 Å². The van der Waals surface area contributed by atoms with Gasteiger partial charge in [0.1, 0.15) is 0 Å². The first-order chi connectivity index (χ1) is 11.5. The lowest BCUT2D eigenvalue weighted by atomic mass is 10.2. The minimum atomic E-state index is -0.763. The Labute approximate surface area is 140 Å². The molecule has 1 aromatic heterocycles. The molecule has 0 amide bonds. The molecule has 1 aliphatic carbocycles. The quantitative estimate of drug-likeness (QED) is 0.734. The first kappa shape index (κ1) is 16.9. The molecule has 0 aliphatic heterocycles. The van der Waals surface area contributed by atoms with E-state index in [0.29, 0.717) is 24.8 Å². The van der Waals surface area contributed by atoms with Crippen LogP contribution in [0.1, 0.15) is 12.8 Å². The molecule has 2 N–H and O–H groups in total. The largest absolute Gasteiger partial charge is 0.441 e. The Hall–Kier alpha value is -1.96. The topological polar surface area (TPSA) is 91.7 Å². The van der Waals surface area contributed by atoms with Crippen LogP contribution in [0.2, 0.25) is 0 Å². The lowest BCUT2D eigenvalue weighted by Crippen LogP contribution is -2.38. The highest BCUT2D eigenvalue weighted by Gasteiger charge is 2.30. The maximum atomic E-state index is 11.9. The maximum absolute atomic E-state index is 11.9. The second-order valence-corrected chi connectivity index (χ2v) is 6.53. The van der Waals surface area contributed by atoms with E-state index < -0.39 is 11.9 Å². The highest BCUT2D eigenvalue weighted by molar-refractivity contribution is 5.54. The van der Waals surface area contributed by atoms with Gasteiger partial charge in [0.15, 0.2) is 5.82 Å². The van der Waals surface area contributed by atoms with Gasteiger partial charge < -0.3 is 15.1 Å². The van der Waals surface area contributed by atoms with Crippen molar-refractivity contribution in [2.24, 2.45) is 5.92 Å². The van der Waals surface area contributed by atoms with Crippen molar-refractivity contribution >= 4 is 0 Å². The first-order valence-electron chi connectivity index (χ1n) is 8.21. The predicted octanol–water partition coefficient (Wildman–Crippen LogP) is 0.567. The zero-order valence-corrected chi connectivity index (χ0v) is 13.7. The number of rotatable bonds is 8. The van der Waals surface area contributed by atoms with E-state index in [-0.39, 0.29) is 12.6 Å². The molecule has 3 rings (SSSR count).